The molecule has 2 aromatic rings. The van der Waals surface area contributed by atoms with E-state index in [1.807, 2.05) is 35.2 Å². The molecule has 170 valence electrons. The summed E-state index contributed by atoms with van der Waals surface area (Å²) in [7, 11) is 0. The van der Waals surface area contributed by atoms with E-state index in [1.165, 1.54) is 5.56 Å². The third kappa shape index (κ3) is 5.91. The van der Waals surface area contributed by atoms with Crippen molar-refractivity contribution < 1.29 is 19.1 Å². The van der Waals surface area contributed by atoms with E-state index in [-0.39, 0.29) is 41.4 Å². The molecule has 0 spiro atoms. The number of amides is 2. The first-order valence-electron chi connectivity index (χ1n) is 10.8. The molecule has 6 nitrogen and oxygen atoms in total. The zero-order valence-corrected chi connectivity index (χ0v) is 19.8. The summed E-state index contributed by atoms with van der Waals surface area (Å²) >= 11 is 1.57. The number of nitrogens with zero attached hydrogens (tertiary/aromatic N) is 1. The van der Waals surface area contributed by atoms with Gasteiger partial charge in [-0.1, -0.05) is 45.0 Å². The Hall–Kier alpha value is -2.80. The predicted molar refractivity (Wildman–Crippen MR) is 129 cm³/mol. The first kappa shape index (κ1) is 23.9. The van der Waals surface area contributed by atoms with Crippen LogP contribution in [0.4, 0.5) is 11.4 Å². The Labute approximate surface area is 193 Å². The van der Waals surface area contributed by atoms with Crippen molar-refractivity contribution in [2.45, 2.75) is 51.3 Å². The molecule has 0 unspecified atom stereocenters. The molecule has 7 heteroatoms. The molecule has 1 heterocycles. The molecule has 0 aliphatic carbocycles. The van der Waals surface area contributed by atoms with E-state index in [4.69, 9.17) is 4.74 Å². The average molecular weight is 455 g/mol. The summed E-state index contributed by atoms with van der Waals surface area (Å²) in [5, 5.41) is 2.67. The summed E-state index contributed by atoms with van der Waals surface area (Å²) in [5.74, 6) is -0.167. The molecule has 1 aliphatic rings. The fourth-order valence-corrected chi connectivity index (χ4v) is 4.68. The van der Waals surface area contributed by atoms with Gasteiger partial charge in [0.05, 0.1) is 18.8 Å². The van der Waals surface area contributed by atoms with Crippen LogP contribution in [0.1, 0.15) is 57.0 Å². The van der Waals surface area contributed by atoms with Crippen LogP contribution in [0.3, 0.4) is 0 Å². The molecule has 0 radical (unpaired) electrons. The van der Waals surface area contributed by atoms with Crippen LogP contribution in [-0.4, -0.2) is 30.1 Å². The second kappa shape index (κ2) is 10.2. The zero-order valence-electron chi connectivity index (χ0n) is 19.0. The number of esters is 1. The lowest BCUT2D eigenvalue weighted by Crippen LogP contribution is -2.28. The van der Waals surface area contributed by atoms with Crippen molar-refractivity contribution in [3.63, 3.8) is 0 Å². The maximum atomic E-state index is 12.7. The highest BCUT2D eigenvalue weighted by Crippen LogP contribution is 2.42. The van der Waals surface area contributed by atoms with Crippen LogP contribution in [0.25, 0.3) is 0 Å². The lowest BCUT2D eigenvalue weighted by atomic mass is 9.87. The number of hydrogen-bond donors (Lipinski definition) is 1. The SMILES string of the molecule is CCOC(=O)CCC(=O)Nc1cccc([C@@H]2SCC(=O)N2c2ccc(C(C)(C)C)cc2)c1. The maximum Gasteiger partial charge on any atom is 0.306 e. The highest BCUT2D eigenvalue weighted by atomic mass is 32.2. The molecule has 0 bridgehead atoms. The third-order valence-corrected chi connectivity index (χ3v) is 6.41. The number of rotatable bonds is 7. The number of nitrogens with one attached hydrogen (secondary N) is 1. The van der Waals surface area contributed by atoms with Crippen molar-refractivity contribution in [3.05, 3.63) is 59.7 Å². The molecule has 0 aromatic heterocycles. The van der Waals surface area contributed by atoms with E-state index in [0.717, 1.165) is 11.3 Å². The zero-order chi connectivity index (χ0) is 23.3. The van der Waals surface area contributed by atoms with Gasteiger partial charge in [0.15, 0.2) is 0 Å². The average Bonchev–Trinajstić information content (AvgIpc) is 3.13. The fourth-order valence-electron chi connectivity index (χ4n) is 3.51. The lowest BCUT2D eigenvalue weighted by Gasteiger charge is -2.26. The molecule has 1 aliphatic heterocycles. The van der Waals surface area contributed by atoms with Crippen molar-refractivity contribution in [2.24, 2.45) is 0 Å². The van der Waals surface area contributed by atoms with Crippen LogP contribution in [0.15, 0.2) is 48.5 Å². The molecule has 1 saturated heterocycles. The summed E-state index contributed by atoms with van der Waals surface area (Å²) in [5.41, 5.74) is 3.69. The number of thioether (sulfide) groups is 1. The van der Waals surface area contributed by atoms with Gasteiger partial charge >= 0.3 is 5.97 Å². The minimum absolute atomic E-state index is 0.0432. The van der Waals surface area contributed by atoms with Crippen LogP contribution in [0, 0.1) is 0 Å². The summed E-state index contributed by atoms with van der Waals surface area (Å²) in [6.07, 6.45) is 0.108. The van der Waals surface area contributed by atoms with Crippen LogP contribution in [-0.2, 0) is 24.5 Å². The van der Waals surface area contributed by atoms with E-state index in [2.05, 4.69) is 38.2 Å². The number of carbonyl (C=O) groups excluding carboxylic acids is 3. The quantitative estimate of drug-likeness (QED) is 0.593. The Balaban J connectivity index is 1.73. The Bertz CT molecular complexity index is 982. The lowest BCUT2D eigenvalue weighted by molar-refractivity contribution is -0.144. The van der Waals surface area contributed by atoms with Crippen LogP contribution in [0.5, 0.6) is 0 Å². The minimum atomic E-state index is -0.384. The molecule has 2 amide bonds. The van der Waals surface area contributed by atoms with Crippen molar-refractivity contribution in [2.75, 3.05) is 22.6 Å². The Morgan fingerprint density at radius 2 is 1.84 bits per heavy atom. The monoisotopic (exact) mass is 454 g/mol. The molecular formula is C25H30N2O4S. The van der Waals surface area contributed by atoms with E-state index >= 15 is 0 Å². The molecule has 32 heavy (non-hydrogen) atoms. The van der Waals surface area contributed by atoms with E-state index in [9.17, 15) is 14.4 Å². The summed E-state index contributed by atoms with van der Waals surface area (Å²) in [4.78, 5) is 38.2. The molecule has 1 atom stereocenters. The maximum absolute atomic E-state index is 12.7. The molecule has 0 saturated carbocycles. The Morgan fingerprint density at radius 3 is 2.50 bits per heavy atom. The van der Waals surface area contributed by atoms with Gasteiger partial charge in [-0.25, -0.2) is 0 Å². The topological polar surface area (TPSA) is 75.7 Å². The first-order valence-corrected chi connectivity index (χ1v) is 11.8. The fraction of sp³-hybridized carbons (Fsp3) is 0.400. The standard InChI is InChI=1S/C25H30N2O4S/c1-5-31-23(30)14-13-21(28)26-19-8-6-7-17(15-19)24-27(22(29)16-32-24)20-11-9-18(10-12-20)25(2,3)4/h6-12,15,24H,5,13-14,16H2,1-4H3,(H,26,28)/t24-/m0/s1. The number of hydrogen-bond acceptors (Lipinski definition) is 5. The normalized spacial score (nSPS) is 16.2. The van der Waals surface area contributed by atoms with Crippen molar-refractivity contribution >= 4 is 40.9 Å². The van der Waals surface area contributed by atoms with Crippen LogP contribution >= 0.6 is 11.8 Å². The second-order valence-corrected chi connectivity index (χ2v) is 9.77. The first-order chi connectivity index (χ1) is 15.2. The largest absolute Gasteiger partial charge is 0.466 e. The van der Waals surface area contributed by atoms with E-state index in [1.54, 1.807) is 24.8 Å². The van der Waals surface area contributed by atoms with Gasteiger partial charge in [0.2, 0.25) is 11.8 Å². The smallest absolute Gasteiger partial charge is 0.306 e. The Morgan fingerprint density at radius 1 is 1.12 bits per heavy atom. The van der Waals surface area contributed by atoms with Gasteiger partial charge in [-0.3, -0.25) is 19.3 Å². The van der Waals surface area contributed by atoms with Crippen molar-refractivity contribution in [1.29, 1.82) is 0 Å². The summed E-state index contributed by atoms with van der Waals surface area (Å²) in [6, 6.07) is 15.6. The van der Waals surface area contributed by atoms with E-state index in [0.29, 0.717) is 18.0 Å². The molecular weight excluding hydrogens is 424 g/mol. The van der Waals surface area contributed by atoms with Gasteiger partial charge in [0.25, 0.3) is 0 Å². The second-order valence-electron chi connectivity index (χ2n) is 8.70. The molecule has 1 N–H and O–H groups in total. The number of carbonyl (C=O) groups is 3. The molecule has 1 fully saturated rings. The van der Waals surface area contributed by atoms with Crippen molar-refractivity contribution in [1.82, 2.24) is 0 Å². The van der Waals surface area contributed by atoms with Gasteiger partial charge in [0.1, 0.15) is 5.37 Å². The van der Waals surface area contributed by atoms with Crippen LogP contribution in [0.2, 0.25) is 0 Å². The predicted octanol–water partition coefficient (Wildman–Crippen LogP) is 5.04. The number of benzene rings is 2. The molecule has 2 aromatic carbocycles. The van der Waals surface area contributed by atoms with Gasteiger partial charge in [-0.15, -0.1) is 11.8 Å². The third-order valence-electron chi connectivity index (χ3n) is 5.20. The van der Waals surface area contributed by atoms with Crippen molar-refractivity contribution in [3.8, 4) is 0 Å². The molecule has 3 rings (SSSR count). The summed E-state index contributed by atoms with van der Waals surface area (Å²) in [6.45, 7) is 8.52. The Kier molecular flexibility index (Phi) is 7.61. The number of anilines is 2. The number of ether oxygens (including phenoxy) is 1. The van der Waals surface area contributed by atoms with Gasteiger partial charge in [-0.05, 0) is 47.7 Å². The summed E-state index contributed by atoms with van der Waals surface area (Å²) < 4.78 is 4.86. The van der Waals surface area contributed by atoms with Crippen LogP contribution < -0.4 is 10.2 Å². The van der Waals surface area contributed by atoms with Gasteiger partial charge in [-0.2, -0.15) is 0 Å². The highest BCUT2D eigenvalue weighted by Gasteiger charge is 2.34. The highest BCUT2D eigenvalue weighted by molar-refractivity contribution is 8.00. The van der Waals surface area contributed by atoms with Gasteiger partial charge < -0.3 is 10.1 Å². The van der Waals surface area contributed by atoms with Gasteiger partial charge in [0, 0.05) is 17.8 Å². The minimum Gasteiger partial charge on any atom is -0.466 e. The van der Waals surface area contributed by atoms with E-state index < -0.39 is 0 Å².